The standard InChI is InChI=1S/C18H19N5O2S2/c19-23-16(14-7-4-12-26-14)20-21-18(23)27-15(13-5-2-1-3-6-13)17(24)22-8-10-25-11-9-22/h1-7,12,15H,8-11,19H2/t15-/m0/s1. The number of aromatic nitrogens is 3. The Bertz CT molecular complexity index is 892. The molecule has 1 atom stereocenters. The minimum atomic E-state index is -0.438. The second kappa shape index (κ2) is 8.12. The van der Waals surface area contributed by atoms with E-state index in [0.717, 1.165) is 10.4 Å². The Balaban J connectivity index is 1.63. The Labute approximate surface area is 165 Å². The van der Waals surface area contributed by atoms with Crippen LogP contribution in [0.3, 0.4) is 0 Å². The Hall–Kier alpha value is -2.36. The highest BCUT2D eigenvalue weighted by molar-refractivity contribution is 8.00. The number of ether oxygens (including phenoxy) is 1. The first kappa shape index (κ1) is 18.0. The third-order valence-electron chi connectivity index (χ3n) is 4.28. The first-order valence-corrected chi connectivity index (χ1v) is 10.3. The van der Waals surface area contributed by atoms with Gasteiger partial charge < -0.3 is 15.5 Å². The van der Waals surface area contributed by atoms with Gasteiger partial charge in [0.25, 0.3) is 0 Å². The quantitative estimate of drug-likeness (QED) is 0.522. The molecule has 0 radical (unpaired) electrons. The van der Waals surface area contributed by atoms with Crippen LogP contribution in [0.4, 0.5) is 0 Å². The molecule has 3 aromatic rings. The molecule has 1 aromatic carbocycles. The number of nitrogens with two attached hydrogens (primary N) is 1. The van der Waals surface area contributed by atoms with Gasteiger partial charge in [0.05, 0.1) is 18.1 Å². The lowest BCUT2D eigenvalue weighted by Crippen LogP contribution is -2.42. The summed E-state index contributed by atoms with van der Waals surface area (Å²) in [7, 11) is 0. The molecule has 0 saturated carbocycles. The molecule has 2 aromatic heterocycles. The maximum Gasteiger partial charge on any atom is 0.240 e. The maximum absolute atomic E-state index is 13.2. The predicted octanol–water partition coefficient (Wildman–Crippen LogP) is 2.41. The number of benzene rings is 1. The third kappa shape index (κ3) is 3.85. The van der Waals surface area contributed by atoms with E-state index in [1.54, 1.807) is 11.3 Å². The zero-order valence-corrected chi connectivity index (χ0v) is 16.2. The van der Waals surface area contributed by atoms with E-state index in [2.05, 4.69) is 10.2 Å². The summed E-state index contributed by atoms with van der Waals surface area (Å²) in [5.74, 6) is 6.86. The van der Waals surface area contributed by atoms with Gasteiger partial charge in [-0.25, -0.2) is 4.68 Å². The molecule has 1 fully saturated rings. The molecule has 1 amide bonds. The average Bonchev–Trinajstić information content (AvgIpc) is 3.37. The molecule has 7 nitrogen and oxygen atoms in total. The minimum absolute atomic E-state index is 0.0372. The zero-order chi connectivity index (χ0) is 18.6. The fourth-order valence-corrected chi connectivity index (χ4v) is 4.62. The SMILES string of the molecule is Nn1c(S[C@H](C(=O)N2CCOCC2)c2ccccc2)nnc1-c1cccs1. The first-order chi connectivity index (χ1) is 13.2. The number of carbonyl (C=O) groups is 1. The van der Waals surface area contributed by atoms with Crippen molar-refractivity contribution in [2.24, 2.45) is 0 Å². The number of carbonyl (C=O) groups excluding carboxylic acids is 1. The van der Waals surface area contributed by atoms with Gasteiger partial charge in [-0.3, -0.25) is 4.79 Å². The summed E-state index contributed by atoms with van der Waals surface area (Å²) in [5.41, 5.74) is 0.916. The minimum Gasteiger partial charge on any atom is -0.378 e. The van der Waals surface area contributed by atoms with Crippen LogP contribution < -0.4 is 5.84 Å². The molecule has 140 valence electrons. The molecule has 1 aliphatic rings. The summed E-state index contributed by atoms with van der Waals surface area (Å²) in [6, 6.07) is 13.6. The summed E-state index contributed by atoms with van der Waals surface area (Å²) < 4.78 is 6.83. The normalized spacial score (nSPS) is 15.6. The molecule has 27 heavy (non-hydrogen) atoms. The fraction of sp³-hybridized carbons (Fsp3) is 0.278. The van der Waals surface area contributed by atoms with Crippen LogP contribution in [0.1, 0.15) is 10.8 Å². The van der Waals surface area contributed by atoms with Gasteiger partial charge in [-0.15, -0.1) is 21.5 Å². The lowest BCUT2D eigenvalue weighted by Gasteiger charge is -2.30. The zero-order valence-electron chi connectivity index (χ0n) is 14.5. The first-order valence-electron chi connectivity index (χ1n) is 8.56. The monoisotopic (exact) mass is 401 g/mol. The fourth-order valence-electron chi connectivity index (χ4n) is 2.88. The van der Waals surface area contributed by atoms with Crippen molar-refractivity contribution in [3.05, 3.63) is 53.4 Å². The Morgan fingerprint density at radius 1 is 1.15 bits per heavy atom. The van der Waals surface area contributed by atoms with E-state index in [-0.39, 0.29) is 5.91 Å². The molecule has 4 rings (SSSR count). The molecule has 0 aliphatic carbocycles. The van der Waals surface area contributed by atoms with Gasteiger partial charge in [-0.05, 0) is 17.0 Å². The smallest absolute Gasteiger partial charge is 0.240 e. The molecule has 1 saturated heterocycles. The number of thiophene rings is 1. The summed E-state index contributed by atoms with van der Waals surface area (Å²) in [5, 5.41) is 10.5. The van der Waals surface area contributed by atoms with Crippen molar-refractivity contribution in [1.29, 1.82) is 0 Å². The molecule has 2 N–H and O–H groups in total. The van der Waals surface area contributed by atoms with Crippen molar-refractivity contribution >= 4 is 29.0 Å². The van der Waals surface area contributed by atoms with E-state index in [9.17, 15) is 4.79 Å². The lowest BCUT2D eigenvalue weighted by atomic mass is 10.1. The van der Waals surface area contributed by atoms with Crippen molar-refractivity contribution in [3.8, 4) is 10.7 Å². The van der Waals surface area contributed by atoms with Crippen molar-refractivity contribution in [1.82, 2.24) is 19.8 Å². The summed E-state index contributed by atoms with van der Waals surface area (Å²) in [6.45, 7) is 2.32. The number of amides is 1. The van der Waals surface area contributed by atoms with Crippen LogP contribution in [0.2, 0.25) is 0 Å². The Morgan fingerprint density at radius 3 is 2.63 bits per heavy atom. The average molecular weight is 402 g/mol. The summed E-state index contributed by atoms with van der Waals surface area (Å²) >= 11 is 2.87. The second-order valence-corrected chi connectivity index (χ2v) is 8.02. The molecular formula is C18H19N5O2S2. The highest BCUT2D eigenvalue weighted by Gasteiger charge is 2.30. The number of rotatable bonds is 5. The lowest BCUT2D eigenvalue weighted by molar-refractivity contribution is -0.134. The van der Waals surface area contributed by atoms with E-state index in [1.165, 1.54) is 16.4 Å². The van der Waals surface area contributed by atoms with Gasteiger partial charge in [0.15, 0.2) is 5.82 Å². The number of thioether (sulfide) groups is 1. The largest absolute Gasteiger partial charge is 0.378 e. The van der Waals surface area contributed by atoms with E-state index in [4.69, 9.17) is 10.6 Å². The molecule has 0 unspecified atom stereocenters. The topological polar surface area (TPSA) is 86.3 Å². The van der Waals surface area contributed by atoms with Crippen LogP contribution in [0, 0.1) is 0 Å². The van der Waals surface area contributed by atoms with Crippen LogP contribution in [-0.4, -0.2) is 52.0 Å². The molecule has 1 aliphatic heterocycles. The molecule has 3 heterocycles. The van der Waals surface area contributed by atoms with Crippen LogP contribution in [0.15, 0.2) is 53.0 Å². The molecular weight excluding hydrogens is 382 g/mol. The molecule has 0 spiro atoms. The van der Waals surface area contributed by atoms with Gasteiger partial charge in [0.1, 0.15) is 5.25 Å². The molecule has 9 heteroatoms. The van der Waals surface area contributed by atoms with Crippen LogP contribution >= 0.6 is 23.1 Å². The number of nitrogens with zero attached hydrogens (tertiary/aromatic N) is 4. The van der Waals surface area contributed by atoms with E-state index >= 15 is 0 Å². The molecule has 0 bridgehead atoms. The van der Waals surface area contributed by atoms with E-state index in [1.807, 2.05) is 52.7 Å². The predicted molar refractivity (Wildman–Crippen MR) is 106 cm³/mol. The number of nitrogen functional groups attached to an aromatic ring is 1. The van der Waals surface area contributed by atoms with Gasteiger partial charge in [0.2, 0.25) is 11.1 Å². The summed E-state index contributed by atoms with van der Waals surface area (Å²) in [6.07, 6.45) is 0. The maximum atomic E-state index is 13.2. The Morgan fingerprint density at radius 2 is 1.93 bits per heavy atom. The number of hydrogen-bond acceptors (Lipinski definition) is 7. The van der Waals surface area contributed by atoms with Gasteiger partial charge >= 0.3 is 0 Å². The Kier molecular flexibility index (Phi) is 5.42. The van der Waals surface area contributed by atoms with Crippen molar-refractivity contribution < 1.29 is 9.53 Å². The second-order valence-electron chi connectivity index (χ2n) is 6.00. The number of hydrogen-bond donors (Lipinski definition) is 1. The summed E-state index contributed by atoms with van der Waals surface area (Å²) in [4.78, 5) is 16.0. The van der Waals surface area contributed by atoms with Crippen molar-refractivity contribution in [2.75, 3.05) is 32.1 Å². The van der Waals surface area contributed by atoms with Crippen LogP contribution in [0.5, 0.6) is 0 Å². The third-order valence-corrected chi connectivity index (χ3v) is 6.34. The van der Waals surface area contributed by atoms with E-state index in [0.29, 0.717) is 37.3 Å². The van der Waals surface area contributed by atoms with Crippen LogP contribution in [-0.2, 0) is 9.53 Å². The van der Waals surface area contributed by atoms with Crippen molar-refractivity contribution in [2.45, 2.75) is 10.4 Å². The van der Waals surface area contributed by atoms with Crippen LogP contribution in [0.25, 0.3) is 10.7 Å². The highest BCUT2D eigenvalue weighted by Crippen LogP contribution is 2.37. The van der Waals surface area contributed by atoms with Gasteiger partial charge in [-0.2, -0.15) is 0 Å². The highest BCUT2D eigenvalue weighted by atomic mass is 32.2. The van der Waals surface area contributed by atoms with Gasteiger partial charge in [-0.1, -0.05) is 48.2 Å². The van der Waals surface area contributed by atoms with E-state index < -0.39 is 5.25 Å². The number of morpholine rings is 1. The van der Waals surface area contributed by atoms with Gasteiger partial charge in [0, 0.05) is 13.1 Å². The van der Waals surface area contributed by atoms with Crippen molar-refractivity contribution in [3.63, 3.8) is 0 Å².